The predicted molar refractivity (Wildman–Crippen MR) is 65.9 cm³/mol. The number of rotatable bonds is 4. The Hall–Kier alpha value is -0.670. The van der Waals surface area contributed by atoms with Crippen LogP contribution in [0.4, 0.5) is 0 Å². The minimum absolute atomic E-state index is 0.241. The largest absolute Gasteiger partial charge is 0.481 e. The van der Waals surface area contributed by atoms with E-state index in [0.29, 0.717) is 0 Å². The molecule has 0 spiro atoms. The van der Waals surface area contributed by atoms with Crippen LogP contribution < -0.4 is 0 Å². The van der Waals surface area contributed by atoms with E-state index in [0.717, 1.165) is 6.92 Å². The summed E-state index contributed by atoms with van der Waals surface area (Å²) in [6, 6.07) is 0. The quantitative estimate of drug-likeness (QED) is 0.526. The Kier molecular flexibility index (Phi) is 21.7. The van der Waals surface area contributed by atoms with Crippen LogP contribution >= 0.6 is 16.1 Å². The summed E-state index contributed by atoms with van der Waals surface area (Å²) in [7, 11) is -4.51. The molecule has 16 heavy (non-hydrogen) atoms. The molecular formula is C8H18O6P2. The first-order valence-electron chi connectivity index (χ1n) is 4.12. The first-order valence-corrected chi connectivity index (χ1v) is 7.25. The van der Waals surface area contributed by atoms with Crippen molar-refractivity contribution in [2.24, 2.45) is 0 Å². The summed E-state index contributed by atoms with van der Waals surface area (Å²) in [5.74, 6) is -0.833. The zero-order chi connectivity index (χ0) is 13.6. The summed E-state index contributed by atoms with van der Waals surface area (Å²) in [6.45, 7) is 7.62. The van der Waals surface area contributed by atoms with Crippen LogP contribution in [0.1, 0.15) is 6.92 Å². The van der Waals surface area contributed by atoms with Crippen LogP contribution in [0, 0.1) is 0 Å². The topological polar surface area (TPSA) is 112 Å². The monoisotopic (exact) mass is 272 g/mol. The van der Waals surface area contributed by atoms with Crippen LogP contribution in [0.15, 0.2) is 25.3 Å². The van der Waals surface area contributed by atoms with E-state index in [4.69, 9.17) is 19.7 Å². The van der Waals surface area contributed by atoms with Gasteiger partial charge in [0.25, 0.3) is 5.97 Å². The molecule has 3 N–H and O–H groups in total. The van der Waals surface area contributed by atoms with Gasteiger partial charge in [-0.2, -0.15) is 0 Å². The Labute approximate surface area is 96.1 Å². The van der Waals surface area contributed by atoms with Gasteiger partial charge >= 0.3 is 0 Å². The van der Waals surface area contributed by atoms with Crippen LogP contribution in [-0.2, 0) is 13.9 Å². The molecule has 0 aromatic rings. The fourth-order valence-electron chi connectivity index (χ4n) is 0.247. The zero-order valence-corrected chi connectivity index (χ0v) is 11.0. The van der Waals surface area contributed by atoms with Crippen molar-refractivity contribution >= 4 is 22.0 Å². The molecule has 0 aliphatic carbocycles. The summed E-state index contributed by atoms with van der Waals surface area (Å²) in [5.41, 5.74) is 0. The number of carbonyl (C=O) groups is 1. The number of allylic oxidation sites excluding steroid dienone is 2. The highest BCUT2D eigenvalue weighted by Gasteiger charge is 1.80. The molecule has 0 heterocycles. The lowest BCUT2D eigenvalue weighted by atomic mass is 10.8. The molecule has 8 heteroatoms. The summed E-state index contributed by atoms with van der Waals surface area (Å²) < 4.78 is 19.4. The molecule has 0 radical (unpaired) electrons. The second-order valence-corrected chi connectivity index (χ2v) is 4.68. The molecule has 0 aromatic carbocycles. The Bertz CT molecular complexity index is 227. The molecule has 6 nitrogen and oxygen atoms in total. The van der Waals surface area contributed by atoms with E-state index < -0.39 is 22.0 Å². The fourth-order valence-corrected chi connectivity index (χ4v) is 0.741. The highest BCUT2D eigenvalue weighted by molar-refractivity contribution is 7.38. The average Bonchev–Trinajstić information content (AvgIpc) is 2.02. The lowest BCUT2D eigenvalue weighted by molar-refractivity contribution is -0.134. The van der Waals surface area contributed by atoms with E-state index in [9.17, 15) is 9.13 Å². The van der Waals surface area contributed by atoms with E-state index in [1.54, 1.807) is 0 Å². The van der Waals surface area contributed by atoms with Gasteiger partial charge < -0.3 is 14.9 Å². The third-order valence-corrected chi connectivity index (χ3v) is 1.91. The van der Waals surface area contributed by atoms with Gasteiger partial charge in [0, 0.05) is 19.2 Å². The molecule has 0 aromatic heterocycles. The number of hydrogen-bond acceptors (Lipinski definition) is 3. The van der Waals surface area contributed by atoms with Crippen molar-refractivity contribution in [2.45, 2.75) is 6.92 Å². The number of carboxylic acid groups (broad SMARTS) is 1. The number of aliphatic carboxylic acids is 1. The maximum absolute atomic E-state index is 9.71. The maximum atomic E-state index is 9.71. The Balaban J connectivity index is -0.000000162. The van der Waals surface area contributed by atoms with Crippen LogP contribution in [0.5, 0.6) is 0 Å². The molecule has 96 valence electrons. The van der Waals surface area contributed by atoms with Crippen molar-refractivity contribution in [1.82, 2.24) is 0 Å². The molecule has 0 aliphatic heterocycles. The van der Waals surface area contributed by atoms with Crippen molar-refractivity contribution < 1.29 is 28.8 Å². The van der Waals surface area contributed by atoms with E-state index in [-0.39, 0.29) is 12.3 Å². The van der Waals surface area contributed by atoms with Gasteiger partial charge in [-0.25, -0.2) is 0 Å². The summed E-state index contributed by atoms with van der Waals surface area (Å²) in [4.78, 5) is 25.1. The van der Waals surface area contributed by atoms with Crippen molar-refractivity contribution in [2.75, 3.05) is 12.3 Å². The first kappa shape index (κ1) is 20.7. The van der Waals surface area contributed by atoms with Crippen molar-refractivity contribution in [1.29, 1.82) is 0 Å². The minimum Gasteiger partial charge on any atom is -0.481 e. The van der Waals surface area contributed by atoms with E-state index in [1.165, 1.54) is 12.2 Å². The van der Waals surface area contributed by atoms with Gasteiger partial charge in [0.15, 0.2) is 16.1 Å². The molecule has 0 rings (SSSR count). The Morgan fingerprint density at radius 1 is 1.12 bits per heavy atom. The zero-order valence-electron chi connectivity index (χ0n) is 9.05. The second-order valence-electron chi connectivity index (χ2n) is 2.29. The van der Waals surface area contributed by atoms with E-state index in [1.807, 2.05) is 0 Å². The van der Waals surface area contributed by atoms with Gasteiger partial charge in [-0.3, -0.25) is 13.9 Å². The highest BCUT2D eigenvalue weighted by Crippen LogP contribution is 2.10. The average molecular weight is 272 g/mol. The molecule has 0 amide bonds. The van der Waals surface area contributed by atoms with Gasteiger partial charge in [0.2, 0.25) is 0 Å². The molecule has 2 unspecified atom stereocenters. The number of carboxylic acids is 1. The Morgan fingerprint density at radius 3 is 1.31 bits per heavy atom. The maximum Gasteiger partial charge on any atom is 0.300 e. The summed E-state index contributed by atoms with van der Waals surface area (Å²) in [6.07, 6.45) is 3.35. The van der Waals surface area contributed by atoms with Crippen LogP contribution in [0.25, 0.3) is 0 Å². The third-order valence-electron chi connectivity index (χ3n) is 0.638. The third kappa shape index (κ3) is 71.3. The highest BCUT2D eigenvalue weighted by atomic mass is 31.1. The first-order chi connectivity index (χ1) is 7.27. The van der Waals surface area contributed by atoms with Gasteiger partial charge in [-0.1, -0.05) is 12.2 Å². The molecule has 2 atom stereocenters. The van der Waals surface area contributed by atoms with Crippen molar-refractivity contribution in [3.05, 3.63) is 25.3 Å². The van der Waals surface area contributed by atoms with Crippen LogP contribution in [0.2, 0.25) is 0 Å². The molecule has 0 fully saturated rings. The molecular weight excluding hydrogens is 254 g/mol. The molecule has 0 bridgehead atoms. The van der Waals surface area contributed by atoms with Crippen molar-refractivity contribution in [3.63, 3.8) is 0 Å². The van der Waals surface area contributed by atoms with Gasteiger partial charge in [0.1, 0.15) is 0 Å². The SMILES string of the molecule is C=CC[PH](=O)O.C=CC[PH](=O)O.CC(=O)O. The minimum atomic E-state index is -2.25. The van der Waals surface area contributed by atoms with Crippen LogP contribution in [-0.4, -0.2) is 33.2 Å². The summed E-state index contributed by atoms with van der Waals surface area (Å²) in [5, 5.41) is 7.42. The molecule has 0 aliphatic rings. The molecule has 0 saturated carbocycles. The normalized spacial score (nSPS) is 11.7. The second kappa shape index (κ2) is 16.7. The predicted octanol–water partition coefficient (Wildman–Crippen LogP) is 1.37. The van der Waals surface area contributed by atoms with Gasteiger partial charge in [0.05, 0.1) is 0 Å². The van der Waals surface area contributed by atoms with Gasteiger partial charge in [-0.05, 0) is 0 Å². The van der Waals surface area contributed by atoms with Crippen LogP contribution in [0.3, 0.4) is 0 Å². The smallest absolute Gasteiger partial charge is 0.300 e. The number of hydrogen-bond donors (Lipinski definition) is 3. The van der Waals surface area contributed by atoms with E-state index in [2.05, 4.69) is 13.2 Å². The lowest BCUT2D eigenvalue weighted by Crippen LogP contribution is -1.78. The fraction of sp³-hybridized carbons (Fsp3) is 0.375. The van der Waals surface area contributed by atoms with Crippen molar-refractivity contribution in [3.8, 4) is 0 Å². The van der Waals surface area contributed by atoms with Gasteiger partial charge in [-0.15, -0.1) is 13.2 Å². The Morgan fingerprint density at radius 2 is 1.31 bits per heavy atom. The lowest BCUT2D eigenvalue weighted by Gasteiger charge is -1.77. The summed E-state index contributed by atoms with van der Waals surface area (Å²) >= 11 is 0. The standard InChI is InChI=1S/2C3H7O2P.C2H4O2/c2*1-2-3-6(4)5;1-2(3)4/h2*2,6H,1,3H2,(H,4,5);1H3,(H,3,4). The molecule has 0 saturated heterocycles. The van der Waals surface area contributed by atoms with E-state index >= 15 is 0 Å².